The lowest BCUT2D eigenvalue weighted by atomic mass is 10.2. The Hall–Kier alpha value is -2.32. The molecular weight excluding hydrogens is 407 g/mol. The third-order valence-corrected chi connectivity index (χ3v) is 5.63. The van der Waals surface area contributed by atoms with Gasteiger partial charge in [-0.15, -0.1) is 0 Å². The number of sulfonamides is 1. The summed E-state index contributed by atoms with van der Waals surface area (Å²) in [6.07, 6.45) is 0.924. The number of amides is 1. The van der Waals surface area contributed by atoms with Crippen LogP contribution in [0.3, 0.4) is 0 Å². The molecule has 1 amide bonds. The van der Waals surface area contributed by atoms with Crippen LogP contribution >= 0.6 is 11.6 Å². The number of anilines is 1. The fourth-order valence-corrected chi connectivity index (χ4v) is 3.91. The molecule has 0 saturated heterocycles. The van der Waals surface area contributed by atoms with Crippen molar-refractivity contribution in [3.8, 4) is 5.75 Å². The van der Waals surface area contributed by atoms with E-state index in [0.717, 1.165) is 22.2 Å². The molecule has 28 heavy (non-hydrogen) atoms. The van der Waals surface area contributed by atoms with Gasteiger partial charge < -0.3 is 10.1 Å². The molecule has 0 aliphatic rings. The lowest BCUT2D eigenvalue weighted by molar-refractivity contribution is -0.121. The fraction of sp³-hybridized carbons (Fsp3) is 0.316. The molecule has 1 N–H and O–H groups in total. The first-order chi connectivity index (χ1) is 13.1. The normalized spacial score (nSPS) is 12.3. The number of nitrogens with one attached hydrogen (secondary N) is 1. The zero-order valence-corrected chi connectivity index (χ0v) is 17.3. The molecule has 0 spiro atoms. The Bertz CT molecular complexity index is 953. The molecule has 0 unspecified atom stereocenters. The zero-order valence-electron chi connectivity index (χ0n) is 15.8. The van der Waals surface area contributed by atoms with Crippen LogP contribution in [0.15, 0.2) is 42.5 Å². The summed E-state index contributed by atoms with van der Waals surface area (Å²) in [4.78, 5) is 12.4. The largest absolute Gasteiger partial charge is 0.492 e. The lowest BCUT2D eigenvalue weighted by Crippen LogP contribution is -2.48. The van der Waals surface area contributed by atoms with Crippen LogP contribution in [-0.4, -0.2) is 39.8 Å². The molecule has 6 nitrogen and oxygen atoms in total. The maximum Gasteiger partial charge on any atom is 0.243 e. The van der Waals surface area contributed by atoms with Crippen molar-refractivity contribution in [2.24, 2.45) is 0 Å². The number of aryl methyl sites for hydroxylation is 1. The van der Waals surface area contributed by atoms with Gasteiger partial charge in [-0.3, -0.25) is 9.10 Å². The van der Waals surface area contributed by atoms with E-state index in [9.17, 15) is 17.6 Å². The number of rotatable bonds is 8. The summed E-state index contributed by atoms with van der Waals surface area (Å²) >= 11 is 6.02. The quantitative estimate of drug-likeness (QED) is 0.655. The standard InChI is InChI=1S/C19H22ClFN2O4S/c1-13-8-9-15(12-16(13)20)27-11-10-22-19(24)14(2)23(28(3,25)26)18-7-5-4-6-17(18)21/h4-9,12,14H,10-11H2,1-3H3,(H,22,24)/t14-/m1/s1. The van der Waals surface area contributed by atoms with Crippen molar-refractivity contribution in [1.29, 1.82) is 0 Å². The molecule has 2 aromatic carbocycles. The second-order valence-corrected chi connectivity index (χ2v) is 8.50. The molecule has 0 aliphatic heterocycles. The van der Waals surface area contributed by atoms with Crippen LogP contribution in [0, 0.1) is 12.7 Å². The predicted octanol–water partition coefficient (Wildman–Crippen LogP) is 3.14. The van der Waals surface area contributed by atoms with E-state index in [1.165, 1.54) is 25.1 Å². The van der Waals surface area contributed by atoms with Gasteiger partial charge in [0, 0.05) is 5.02 Å². The van der Waals surface area contributed by atoms with E-state index in [-0.39, 0.29) is 18.8 Å². The Balaban J connectivity index is 1.99. The molecule has 0 saturated carbocycles. The SMILES string of the molecule is Cc1ccc(OCCNC(=O)[C@@H](C)N(c2ccccc2F)S(C)(=O)=O)cc1Cl. The number of para-hydroxylation sites is 1. The van der Waals surface area contributed by atoms with Crippen LogP contribution in [0.4, 0.5) is 10.1 Å². The molecule has 9 heteroatoms. The van der Waals surface area contributed by atoms with Gasteiger partial charge in [-0.25, -0.2) is 12.8 Å². The number of carbonyl (C=O) groups is 1. The zero-order chi connectivity index (χ0) is 20.9. The molecular formula is C19H22ClFN2O4S. The predicted molar refractivity (Wildman–Crippen MR) is 108 cm³/mol. The topological polar surface area (TPSA) is 75.7 Å². The van der Waals surface area contributed by atoms with E-state index < -0.39 is 27.8 Å². The van der Waals surface area contributed by atoms with E-state index in [2.05, 4.69) is 5.32 Å². The van der Waals surface area contributed by atoms with Crippen LogP contribution in [0.2, 0.25) is 5.02 Å². The molecule has 0 aromatic heterocycles. The number of nitrogens with zero attached hydrogens (tertiary/aromatic N) is 1. The van der Waals surface area contributed by atoms with Gasteiger partial charge in [0.25, 0.3) is 0 Å². The maximum absolute atomic E-state index is 14.1. The Morgan fingerprint density at radius 2 is 1.96 bits per heavy atom. The van der Waals surface area contributed by atoms with Crippen molar-refractivity contribution in [3.05, 3.63) is 58.9 Å². The summed E-state index contributed by atoms with van der Waals surface area (Å²) in [6, 6.07) is 9.50. The van der Waals surface area contributed by atoms with Gasteiger partial charge in [0.15, 0.2) is 0 Å². The highest BCUT2D eigenvalue weighted by Crippen LogP contribution is 2.24. The average molecular weight is 429 g/mol. The van der Waals surface area contributed by atoms with Crippen molar-refractivity contribution in [3.63, 3.8) is 0 Å². The van der Waals surface area contributed by atoms with Crippen LogP contribution in [0.1, 0.15) is 12.5 Å². The second-order valence-electron chi connectivity index (χ2n) is 6.24. The van der Waals surface area contributed by atoms with Gasteiger partial charge in [0.1, 0.15) is 24.2 Å². The monoisotopic (exact) mass is 428 g/mol. The molecule has 0 radical (unpaired) electrons. The highest BCUT2D eigenvalue weighted by molar-refractivity contribution is 7.92. The van der Waals surface area contributed by atoms with Gasteiger partial charge >= 0.3 is 0 Å². The fourth-order valence-electron chi connectivity index (χ4n) is 2.57. The van der Waals surface area contributed by atoms with Gasteiger partial charge in [-0.05, 0) is 43.7 Å². The van der Waals surface area contributed by atoms with Crippen molar-refractivity contribution < 1.29 is 22.3 Å². The summed E-state index contributed by atoms with van der Waals surface area (Å²) in [6.45, 7) is 3.57. The average Bonchev–Trinajstić information content (AvgIpc) is 2.62. The van der Waals surface area contributed by atoms with Crippen molar-refractivity contribution in [1.82, 2.24) is 5.32 Å². The number of hydrogen-bond donors (Lipinski definition) is 1. The Kier molecular flexibility index (Phi) is 7.26. The van der Waals surface area contributed by atoms with Crippen LogP contribution in [0.5, 0.6) is 5.75 Å². The van der Waals surface area contributed by atoms with Crippen molar-refractivity contribution in [2.45, 2.75) is 19.9 Å². The molecule has 0 bridgehead atoms. The first-order valence-corrected chi connectivity index (χ1v) is 10.7. The van der Waals surface area contributed by atoms with Crippen molar-refractivity contribution in [2.75, 3.05) is 23.7 Å². The first-order valence-electron chi connectivity index (χ1n) is 8.52. The van der Waals surface area contributed by atoms with Gasteiger partial charge in [0.05, 0.1) is 18.5 Å². The Morgan fingerprint density at radius 1 is 1.29 bits per heavy atom. The molecule has 2 aromatic rings. The molecule has 2 rings (SSSR count). The third-order valence-electron chi connectivity index (χ3n) is 3.99. The van der Waals surface area contributed by atoms with Crippen LogP contribution < -0.4 is 14.4 Å². The summed E-state index contributed by atoms with van der Waals surface area (Å²) in [5.74, 6) is -0.742. The molecule has 0 heterocycles. The summed E-state index contributed by atoms with van der Waals surface area (Å²) in [5.41, 5.74) is 0.739. The minimum absolute atomic E-state index is 0.142. The van der Waals surface area contributed by atoms with Crippen LogP contribution in [0.25, 0.3) is 0 Å². The van der Waals surface area contributed by atoms with E-state index in [1.807, 2.05) is 13.0 Å². The second kappa shape index (κ2) is 9.25. The van der Waals surface area contributed by atoms with Crippen LogP contribution in [-0.2, 0) is 14.8 Å². The van der Waals surface area contributed by atoms with E-state index in [1.54, 1.807) is 12.1 Å². The number of carbonyl (C=O) groups excluding carboxylic acids is 1. The van der Waals surface area contributed by atoms with Gasteiger partial charge in [-0.1, -0.05) is 29.8 Å². The minimum Gasteiger partial charge on any atom is -0.492 e. The van der Waals surface area contributed by atoms with Gasteiger partial charge in [0.2, 0.25) is 15.9 Å². The molecule has 1 atom stereocenters. The van der Waals surface area contributed by atoms with E-state index in [4.69, 9.17) is 16.3 Å². The summed E-state index contributed by atoms with van der Waals surface area (Å²) in [7, 11) is -3.88. The number of benzene rings is 2. The van der Waals surface area contributed by atoms with Crippen molar-refractivity contribution >= 4 is 33.2 Å². The molecule has 152 valence electrons. The van der Waals surface area contributed by atoms with Gasteiger partial charge in [-0.2, -0.15) is 0 Å². The van der Waals surface area contributed by atoms with E-state index in [0.29, 0.717) is 10.8 Å². The maximum atomic E-state index is 14.1. The first kappa shape index (κ1) is 22.0. The van der Waals surface area contributed by atoms with E-state index >= 15 is 0 Å². The smallest absolute Gasteiger partial charge is 0.243 e. The summed E-state index contributed by atoms with van der Waals surface area (Å²) < 4.78 is 44.6. The number of halogens is 2. The number of hydrogen-bond acceptors (Lipinski definition) is 4. The highest BCUT2D eigenvalue weighted by atomic mass is 35.5. The highest BCUT2D eigenvalue weighted by Gasteiger charge is 2.30. The minimum atomic E-state index is -3.88. The Labute approximate surface area is 169 Å². The Morgan fingerprint density at radius 3 is 2.57 bits per heavy atom. The third kappa shape index (κ3) is 5.59. The summed E-state index contributed by atoms with van der Waals surface area (Å²) in [5, 5.41) is 3.17. The lowest BCUT2D eigenvalue weighted by Gasteiger charge is -2.28. The number of ether oxygens (including phenoxy) is 1. The molecule has 0 aliphatic carbocycles. The molecule has 0 fully saturated rings.